The number of Topliss-reactive ketones (excluding diaryl/α,β-unsaturated/α-hetero) is 1. The van der Waals surface area contributed by atoms with Crippen molar-refractivity contribution in [3.8, 4) is 0 Å². The molecule has 0 radical (unpaired) electrons. The number of ketones is 1. The summed E-state index contributed by atoms with van der Waals surface area (Å²) < 4.78 is 0.985. The smallest absolute Gasteiger partial charge is 0.164 e. The van der Waals surface area contributed by atoms with E-state index in [0.29, 0.717) is 19.0 Å². The van der Waals surface area contributed by atoms with Crippen LogP contribution >= 0.6 is 15.9 Å². The van der Waals surface area contributed by atoms with Crippen LogP contribution in [0.15, 0.2) is 28.7 Å². The van der Waals surface area contributed by atoms with Gasteiger partial charge in [0.2, 0.25) is 0 Å². The summed E-state index contributed by atoms with van der Waals surface area (Å²) in [6.45, 7) is 1.60. The normalized spacial score (nSPS) is 15.1. The van der Waals surface area contributed by atoms with Crippen LogP contribution in [0.5, 0.6) is 0 Å². The first-order chi connectivity index (χ1) is 8.70. The Morgan fingerprint density at radius 3 is 2.50 bits per heavy atom. The quantitative estimate of drug-likeness (QED) is 0.786. The van der Waals surface area contributed by atoms with Gasteiger partial charge in [0.1, 0.15) is 0 Å². The van der Waals surface area contributed by atoms with Crippen LogP contribution in [0.4, 0.5) is 0 Å². The molecule has 0 heterocycles. The molecule has 0 spiro atoms. The topological polar surface area (TPSA) is 40.5 Å². The molecule has 18 heavy (non-hydrogen) atoms. The molecular formula is C14H18BrNO2. The lowest BCUT2D eigenvalue weighted by Crippen LogP contribution is -2.31. The maximum atomic E-state index is 12.0. The van der Waals surface area contributed by atoms with Crippen molar-refractivity contribution in [2.75, 3.05) is 19.7 Å². The fraction of sp³-hybridized carbons (Fsp3) is 0.500. The number of hydrogen-bond donors (Lipinski definition) is 1. The minimum Gasteiger partial charge on any atom is -0.395 e. The van der Waals surface area contributed by atoms with Gasteiger partial charge in [-0.15, -0.1) is 0 Å². The lowest BCUT2D eigenvalue weighted by atomic mass is 10.1. The van der Waals surface area contributed by atoms with E-state index in [9.17, 15) is 4.79 Å². The molecule has 0 aliphatic heterocycles. The number of halogens is 1. The maximum absolute atomic E-state index is 12.0. The number of benzene rings is 1. The molecule has 1 N–H and O–H groups in total. The van der Waals surface area contributed by atoms with Crippen molar-refractivity contribution in [3.05, 3.63) is 34.3 Å². The first-order valence-electron chi connectivity index (χ1n) is 6.34. The van der Waals surface area contributed by atoms with E-state index in [1.165, 1.54) is 12.8 Å². The number of carbonyl (C=O) groups excluding carboxylic acids is 1. The highest BCUT2D eigenvalue weighted by Gasteiger charge is 2.28. The molecule has 0 saturated heterocycles. The van der Waals surface area contributed by atoms with Crippen molar-refractivity contribution in [2.24, 2.45) is 0 Å². The first-order valence-corrected chi connectivity index (χ1v) is 7.13. The summed E-state index contributed by atoms with van der Waals surface area (Å²) in [6, 6.07) is 8.06. The molecule has 2 rings (SSSR count). The molecule has 1 aromatic rings. The second-order valence-electron chi connectivity index (χ2n) is 4.67. The van der Waals surface area contributed by atoms with E-state index < -0.39 is 0 Å². The minimum absolute atomic E-state index is 0.170. The van der Waals surface area contributed by atoms with E-state index in [1.54, 1.807) is 0 Å². The molecule has 1 aliphatic rings. The van der Waals surface area contributed by atoms with Gasteiger partial charge in [-0.25, -0.2) is 0 Å². The van der Waals surface area contributed by atoms with E-state index in [1.807, 2.05) is 24.3 Å². The monoisotopic (exact) mass is 311 g/mol. The summed E-state index contributed by atoms with van der Waals surface area (Å²) in [5, 5.41) is 8.99. The number of hydrogen-bond acceptors (Lipinski definition) is 3. The third-order valence-corrected chi connectivity index (χ3v) is 3.77. The summed E-state index contributed by atoms with van der Waals surface area (Å²) in [5.41, 5.74) is 0.762. The predicted octanol–water partition coefficient (Wildman–Crippen LogP) is 2.48. The molecule has 1 fully saturated rings. The van der Waals surface area contributed by atoms with Gasteiger partial charge in [0.15, 0.2) is 5.78 Å². The summed E-state index contributed by atoms with van der Waals surface area (Å²) >= 11 is 3.36. The summed E-state index contributed by atoms with van der Waals surface area (Å²) in [6.07, 6.45) is 2.93. The van der Waals surface area contributed by atoms with Gasteiger partial charge in [-0.1, -0.05) is 28.1 Å². The van der Waals surface area contributed by atoms with Crippen LogP contribution in [0.1, 0.15) is 29.6 Å². The van der Waals surface area contributed by atoms with Crippen molar-refractivity contribution in [2.45, 2.75) is 25.3 Å². The minimum atomic E-state index is 0.170. The van der Waals surface area contributed by atoms with Crippen molar-refractivity contribution >= 4 is 21.7 Å². The third-order valence-electron chi connectivity index (χ3n) is 3.24. The highest BCUT2D eigenvalue weighted by Crippen LogP contribution is 2.26. The van der Waals surface area contributed by atoms with Gasteiger partial charge in [0.05, 0.1) is 6.61 Å². The van der Waals surface area contributed by atoms with E-state index in [-0.39, 0.29) is 12.4 Å². The van der Waals surface area contributed by atoms with Gasteiger partial charge >= 0.3 is 0 Å². The van der Waals surface area contributed by atoms with Crippen molar-refractivity contribution in [1.82, 2.24) is 4.90 Å². The fourth-order valence-electron chi connectivity index (χ4n) is 2.07. The third kappa shape index (κ3) is 3.90. The number of nitrogens with zero attached hydrogens (tertiary/aromatic N) is 1. The van der Waals surface area contributed by atoms with Crippen LogP contribution in [0.2, 0.25) is 0 Å². The Morgan fingerprint density at radius 2 is 1.94 bits per heavy atom. The zero-order valence-electron chi connectivity index (χ0n) is 10.3. The van der Waals surface area contributed by atoms with Crippen LogP contribution in [0, 0.1) is 0 Å². The lowest BCUT2D eigenvalue weighted by Gasteiger charge is -2.20. The zero-order chi connectivity index (χ0) is 13.0. The molecule has 3 nitrogen and oxygen atoms in total. The van der Waals surface area contributed by atoms with E-state index in [2.05, 4.69) is 20.8 Å². The average molecular weight is 312 g/mol. The highest BCUT2D eigenvalue weighted by atomic mass is 79.9. The Bertz CT molecular complexity index is 401. The maximum Gasteiger partial charge on any atom is 0.164 e. The first kappa shape index (κ1) is 13.7. The fourth-order valence-corrected chi connectivity index (χ4v) is 2.33. The predicted molar refractivity (Wildman–Crippen MR) is 74.8 cm³/mol. The molecule has 98 valence electrons. The van der Waals surface area contributed by atoms with Gasteiger partial charge in [-0.05, 0) is 25.0 Å². The molecule has 0 amide bonds. The highest BCUT2D eigenvalue weighted by molar-refractivity contribution is 9.10. The zero-order valence-corrected chi connectivity index (χ0v) is 11.9. The molecule has 1 saturated carbocycles. The molecule has 4 heteroatoms. The SMILES string of the molecule is O=C(CCN(CCO)C1CC1)c1ccc(Br)cc1. The average Bonchev–Trinajstić information content (AvgIpc) is 3.19. The number of aliphatic hydroxyl groups is 1. The van der Waals surface area contributed by atoms with Crippen molar-refractivity contribution in [1.29, 1.82) is 0 Å². The van der Waals surface area contributed by atoms with Crippen LogP contribution in [-0.4, -0.2) is 41.5 Å². The molecule has 0 unspecified atom stereocenters. The Morgan fingerprint density at radius 1 is 1.28 bits per heavy atom. The van der Waals surface area contributed by atoms with Crippen molar-refractivity contribution < 1.29 is 9.90 Å². The van der Waals surface area contributed by atoms with Gasteiger partial charge in [0, 0.05) is 35.6 Å². The van der Waals surface area contributed by atoms with Gasteiger partial charge in [0.25, 0.3) is 0 Å². The summed E-state index contributed by atoms with van der Waals surface area (Å²) in [5.74, 6) is 0.172. The second-order valence-corrected chi connectivity index (χ2v) is 5.59. The van der Waals surface area contributed by atoms with Gasteiger partial charge < -0.3 is 5.11 Å². The number of carbonyl (C=O) groups is 1. The standard InChI is InChI=1S/C14H18BrNO2/c15-12-3-1-11(2-4-12)14(18)7-8-16(9-10-17)13-5-6-13/h1-4,13,17H,5-10H2. The van der Waals surface area contributed by atoms with Gasteiger partial charge in [-0.3, -0.25) is 9.69 Å². The largest absolute Gasteiger partial charge is 0.395 e. The van der Waals surface area contributed by atoms with Crippen LogP contribution < -0.4 is 0 Å². The van der Waals surface area contributed by atoms with Crippen molar-refractivity contribution in [3.63, 3.8) is 0 Å². The number of aliphatic hydroxyl groups excluding tert-OH is 1. The van der Waals surface area contributed by atoms with Crippen LogP contribution in [0.25, 0.3) is 0 Å². The van der Waals surface area contributed by atoms with E-state index >= 15 is 0 Å². The van der Waals surface area contributed by atoms with Crippen LogP contribution in [-0.2, 0) is 0 Å². The molecule has 1 aromatic carbocycles. The molecule has 0 bridgehead atoms. The van der Waals surface area contributed by atoms with E-state index in [4.69, 9.17) is 5.11 Å². The van der Waals surface area contributed by atoms with Gasteiger partial charge in [-0.2, -0.15) is 0 Å². The molecule has 1 aliphatic carbocycles. The number of rotatable bonds is 7. The Kier molecular flexibility index (Phi) is 4.92. The molecule has 0 atom stereocenters. The molecule has 0 aromatic heterocycles. The Labute approximate surface area is 116 Å². The Hall–Kier alpha value is -0.710. The molecular weight excluding hydrogens is 294 g/mol. The lowest BCUT2D eigenvalue weighted by molar-refractivity contribution is 0.0954. The second kappa shape index (κ2) is 6.45. The summed E-state index contributed by atoms with van der Waals surface area (Å²) in [4.78, 5) is 14.2. The van der Waals surface area contributed by atoms with Crippen LogP contribution in [0.3, 0.4) is 0 Å². The summed E-state index contributed by atoms with van der Waals surface area (Å²) in [7, 11) is 0. The van der Waals surface area contributed by atoms with E-state index in [0.717, 1.165) is 16.6 Å². The Balaban J connectivity index is 1.85.